The number of carbonyl (C=O) groups is 1. The van der Waals surface area contributed by atoms with Gasteiger partial charge in [-0.3, -0.25) is 10.2 Å². The first kappa shape index (κ1) is 22.9. The summed E-state index contributed by atoms with van der Waals surface area (Å²) in [7, 11) is 0. The molecule has 1 fully saturated rings. The fourth-order valence-corrected chi connectivity index (χ4v) is 3.95. The molecule has 168 valence electrons. The molecule has 0 spiro atoms. The fraction of sp³-hybridized carbons (Fsp3) is 0.458. The Morgan fingerprint density at radius 3 is 2.29 bits per heavy atom. The van der Waals surface area contributed by atoms with E-state index in [4.69, 9.17) is 14.2 Å². The fourth-order valence-electron chi connectivity index (χ4n) is 3.95. The molecule has 1 aliphatic heterocycles. The highest BCUT2D eigenvalue weighted by molar-refractivity contribution is 5.78. The van der Waals surface area contributed by atoms with Gasteiger partial charge >= 0.3 is 0 Å². The molecule has 0 bridgehead atoms. The molecule has 3 N–H and O–H groups in total. The average molecular weight is 428 g/mol. The maximum absolute atomic E-state index is 12.6. The second-order valence-electron chi connectivity index (χ2n) is 7.83. The van der Waals surface area contributed by atoms with Crippen LogP contribution in [0.5, 0.6) is 17.2 Å². The summed E-state index contributed by atoms with van der Waals surface area (Å²) in [6.07, 6.45) is -0.280. The van der Waals surface area contributed by atoms with Crippen molar-refractivity contribution in [3.05, 3.63) is 53.1 Å². The number of nitrogens with one attached hydrogen (secondary N) is 3. The average Bonchev–Trinajstić information content (AvgIpc) is 3.07. The van der Waals surface area contributed by atoms with Crippen LogP contribution in [0.2, 0.25) is 0 Å². The number of hydrogen-bond donors (Lipinski definition) is 3. The Kier molecular flexibility index (Phi) is 7.76. The molecule has 0 aromatic heterocycles. The van der Waals surface area contributed by atoms with E-state index in [-0.39, 0.29) is 30.6 Å². The molecule has 1 saturated heterocycles. The SMILES string of the molecule is CCOc1ccc(C2C(C)NNC2NC(=O)COc2cc(C)cc(C)c2)cc1OCC. The predicted octanol–water partition coefficient (Wildman–Crippen LogP) is 3.20. The van der Waals surface area contributed by atoms with Crippen molar-refractivity contribution >= 4 is 5.91 Å². The molecule has 7 nitrogen and oxygen atoms in total. The third kappa shape index (κ3) is 5.89. The van der Waals surface area contributed by atoms with Crippen LogP contribution >= 0.6 is 0 Å². The Labute approximate surface area is 184 Å². The van der Waals surface area contributed by atoms with Crippen LogP contribution in [0.4, 0.5) is 0 Å². The van der Waals surface area contributed by atoms with Gasteiger partial charge in [0.15, 0.2) is 18.1 Å². The Balaban J connectivity index is 1.68. The molecular weight excluding hydrogens is 394 g/mol. The number of hydrogen-bond acceptors (Lipinski definition) is 6. The Hall–Kier alpha value is -2.77. The molecule has 2 aromatic carbocycles. The molecular formula is C24H33N3O4. The second kappa shape index (κ2) is 10.5. The van der Waals surface area contributed by atoms with Gasteiger partial charge in [0, 0.05) is 12.0 Å². The van der Waals surface area contributed by atoms with Crippen molar-refractivity contribution in [1.82, 2.24) is 16.2 Å². The molecule has 1 amide bonds. The van der Waals surface area contributed by atoms with Gasteiger partial charge in [-0.15, -0.1) is 0 Å². The smallest absolute Gasteiger partial charge is 0.259 e. The summed E-state index contributed by atoms with van der Waals surface area (Å²) in [5.74, 6) is 1.96. The van der Waals surface area contributed by atoms with Crippen LogP contribution in [0.25, 0.3) is 0 Å². The van der Waals surface area contributed by atoms with E-state index in [1.54, 1.807) is 0 Å². The van der Waals surface area contributed by atoms with Crippen LogP contribution in [0.15, 0.2) is 36.4 Å². The minimum atomic E-state index is -0.280. The first-order valence-electron chi connectivity index (χ1n) is 10.8. The zero-order chi connectivity index (χ0) is 22.4. The molecule has 3 atom stereocenters. The van der Waals surface area contributed by atoms with E-state index in [2.05, 4.69) is 29.2 Å². The van der Waals surface area contributed by atoms with Crippen LogP contribution < -0.4 is 30.4 Å². The van der Waals surface area contributed by atoms with Gasteiger partial charge in [-0.2, -0.15) is 0 Å². The molecule has 31 heavy (non-hydrogen) atoms. The van der Waals surface area contributed by atoms with Gasteiger partial charge in [0.1, 0.15) is 11.9 Å². The van der Waals surface area contributed by atoms with Gasteiger partial charge in [0.2, 0.25) is 0 Å². The van der Waals surface area contributed by atoms with Crippen molar-refractivity contribution in [2.45, 2.75) is 52.7 Å². The molecule has 0 aliphatic carbocycles. The minimum Gasteiger partial charge on any atom is -0.490 e. The summed E-state index contributed by atoms with van der Waals surface area (Å²) in [5, 5.41) is 3.04. The number of rotatable bonds is 9. The summed E-state index contributed by atoms with van der Waals surface area (Å²) in [5.41, 5.74) is 9.67. The Morgan fingerprint density at radius 2 is 1.61 bits per heavy atom. The standard InChI is InChI=1S/C24H33N3O4/c1-6-29-20-9-8-18(13-21(20)30-7-2)23-17(5)26-27-24(23)25-22(28)14-31-19-11-15(3)10-16(4)12-19/h8-13,17,23-24,26-27H,6-7,14H2,1-5H3,(H,25,28). The lowest BCUT2D eigenvalue weighted by molar-refractivity contribution is -0.124. The number of hydrazine groups is 1. The molecule has 7 heteroatoms. The highest BCUT2D eigenvalue weighted by atomic mass is 16.5. The topological polar surface area (TPSA) is 80.9 Å². The normalized spacial score (nSPS) is 20.4. The number of aryl methyl sites for hydroxylation is 2. The van der Waals surface area contributed by atoms with Crippen LogP contribution in [-0.2, 0) is 4.79 Å². The highest BCUT2D eigenvalue weighted by Crippen LogP contribution is 2.34. The summed E-state index contributed by atoms with van der Waals surface area (Å²) >= 11 is 0. The van der Waals surface area contributed by atoms with Crippen molar-refractivity contribution in [2.75, 3.05) is 19.8 Å². The van der Waals surface area contributed by atoms with E-state index in [1.165, 1.54) is 0 Å². The zero-order valence-corrected chi connectivity index (χ0v) is 19.0. The molecule has 0 saturated carbocycles. The molecule has 1 aliphatic rings. The number of amides is 1. The highest BCUT2D eigenvalue weighted by Gasteiger charge is 2.35. The van der Waals surface area contributed by atoms with Gasteiger partial charge in [-0.25, -0.2) is 5.43 Å². The van der Waals surface area contributed by atoms with Gasteiger partial charge in [-0.1, -0.05) is 12.1 Å². The van der Waals surface area contributed by atoms with Crippen molar-refractivity contribution in [1.29, 1.82) is 0 Å². The third-order valence-corrected chi connectivity index (χ3v) is 5.20. The quantitative estimate of drug-likeness (QED) is 0.570. The summed E-state index contributed by atoms with van der Waals surface area (Å²) in [6.45, 7) is 11.1. The van der Waals surface area contributed by atoms with E-state index in [0.717, 1.165) is 22.4 Å². The first-order chi connectivity index (χ1) is 14.9. The van der Waals surface area contributed by atoms with Crippen molar-refractivity contribution < 1.29 is 19.0 Å². The summed E-state index contributed by atoms with van der Waals surface area (Å²) < 4.78 is 17.2. The summed E-state index contributed by atoms with van der Waals surface area (Å²) in [4.78, 5) is 12.6. The molecule has 3 unspecified atom stereocenters. The van der Waals surface area contributed by atoms with Crippen LogP contribution in [0.3, 0.4) is 0 Å². The number of carbonyl (C=O) groups excluding carboxylic acids is 1. The molecule has 1 heterocycles. The van der Waals surface area contributed by atoms with E-state index >= 15 is 0 Å². The first-order valence-corrected chi connectivity index (χ1v) is 10.8. The van der Waals surface area contributed by atoms with Crippen LogP contribution in [0.1, 0.15) is 43.4 Å². The number of benzene rings is 2. The molecule has 2 aromatic rings. The van der Waals surface area contributed by atoms with Crippen molar-refractivity contribution in [3.63, 3.8) is 0 Å². The van der Waals surface area contributed by atoms with Gasteiger partial charge in [-0.05, 0) is 75.6 Å². The minimum absolute atomic E-state index is 0.0139. The van der Waals surface area contributed by atoms with Crippen LogP contribution in [0, 0.1) is 13.8 Å². The zero-order valence-electron chi connectivity index (χ0n) is 19.0. The van der Waals surface area contributed by atoms with Crippen molar-refractivity contribution in [2.24, 2.45) is 0 Å². The molecule has 0 radical (unpaired) electrons. The largest absolute Gasteiger partial charge is 0.490 e. The van der Waals surface area contributed by atoms with Gasteiger partial charge < -0.3 is 19.5 Å². The van der Waals surface area contributed by atoms with Gasteiger partial charge in [0.05, 0.1) is 13.2 Å². The van der Waals surface area contributed by atoms with E-state index < -0.39 is 0 Å². The lowest BCUT2D eigenvalue weighted by Gasteiger charge is -2.23. The Morgan fingerprint density at radius 1 is 0.935 bits per heavy atom. The third-order valence-electron chi connectivity index (χ3n) is 5.20. The predicted molar refractivity (Wildman–Crippen MR) is 121 cm³/mol. The van der Waals surface area contributed by atoms with Gasteiger partial charge in [0.25, 0.3) is 5.91 Å². The molecule has 3 rings (SSSR count). The summed E-state index contributed by atoms with van der Waals surface area (Å²) in [6, 6.07) is 12.0. The maximum atomic E-state index is 12.6. The van der Waals surface area contributed by atoms with Crippen LogP contribution in [-0.4, -0.2) is 37.9 Å². The van der Waals surface area contributed by atoms with E-state index in [0.29, 0.717) is 24.7 Å². The monoisotopic (exact) mass is 427 g/mol. The van der Waals surface area contributed by atoms with E-state index in [9.17, 15) is 4.79 Å². The Bertz CT molecular complexity index is 882. The van der Waals surface area contributed by atoms with Crippen molar-refractivity contribution in [3.8, 4) is 17.2 Å². The second-order valence-corrected chi connectivity index (χ2v) is 7.83. The lowest BCUT2D eigenvalue weighted by atomic mass is 9.91. The maximum Gasteiger partial charge on any atom is 0.259 e. The lowest BCUT2D eigenvalue weighted by Crippen LogP contribution is -2.47. The van der Waals surface area contributed by atoms with E-state index in [1.807, 2.05) is 58.0 Å². The number of ether oxygens (including phenoxy) is 3.